The first-order chi connectivity index (χ1) is 15.2. The Balaban J connectivity index is 1.27. The average Bonchev–Trinajstić information content (AvgIpc) is 2.80. The molecule has 31 heavy (non-hydrogen) atoms. The molecule has 166 valence electrons. The topological polar surface area (TPSA) is 35.6 Å². The molecule has 0 aromatic heterocycles. The van der Waals surface area contributed by atoms with Gasteiger partial charge in [-0.25, -0.2) is 4.39 Å². The van der Waals surface area contributed by atoms with E-state index in [2.05, 4.69) is 39.4 Å². The Morgan fingerprint density at radius 3 is 2.52 bits per heavy atom. The molecule has 4 nitrogen and oxygen atoms in total. The van der Waals surface area contributed by atoms with Gasteiger partial charge in [-0.2, -0.15) is 0 Å². The number of halogens is 1. The lowest BCUT2D eigenvalue weighted by Gasteiger charge is -2.32. The number of carbonyl (C=O) groups excluding carboxylic acids is 1. The molecule has 5 heteroatoms. The van der Waals surface area contributed by atoms with Crippen molar-refractivity contribution in [1.29, 1.82) is 0 Å². The van der Waals surface area contributed by atoms with Gasteiger partial charge in [0.1, 0.15) is 5.82 Å². The molecule has 2 saturated heterocycles. The number of benzene rings is 2. The second-order valence-electron chi connectivity index (χ2n) is 9.04. The van der Waals surface area contributed by atoms with Crippen LogP contribution in [0, 0.1) is 11.7 Å². The molecule has 0 radical (unpaired) electrons. The zero-order valence-corrected chi connectivity index (χ0v) is 18.4. The minimum atomic E-state index is -0.168. The Hall–Kier alpha value is -2.24. The zero-order valence-electron chi connectivity index (χ0n) is 18.4. The number of hydrogen-bond acceptors (Lipinski definition) is 3. The van der Waals surface area contributed by atoms with Gasteiger partial charge in [0.15, 0.2) is 0 Å². The average molecular weight is 424 g/mol. The van der Waals surface area contributed by atoms with Crippen molar-refractivity contribution in [3.05, 3.63) is 71.0 Å². The van der Waals surface area contributed by atoms with E-state index in [1.54, 1.807) is 6.07 Å². The largest absolute Gasteiger partial charge is 0.352 e. The number of amides is 1. The van der Waals surface area contributed by atoms with Crippen LogP contribution in [0.2, 0.25) is 0 Å². The van der Waals surface area contributed by atoms with E-state index in [0.29, 0.717) is 25.2 Å². The quantitative estimate of drug-likeness (QED) is 0.720. The molecule has 2 heterocycles. The van der Waals surface area contributed by atoms with Crippen LogP contribution in [-0.2, 0) is 24.4 Å². The molecule has 2 aliphatic rings. The Bertz CT molecular complexity index is 865. The van der Waals surface area contributed by atoms with Crippen molar-refractivity contribution < 1.29 is 9.18 Å². The monoisotopic (exact) mass is 423 g/mol. The highest BCUT2D eigenvalue weighted by Gasteiger charge is 2.26. The fourth-order valence-corrected chi connectivity index (χ4v) is 4.83. The first-order valence-electron chi connectivity index (χ1n) is 11.7. The Morgan fingerprint density at radius 1 is 0.903 bits per heavy atom. The molecule has 2 aromatic carbocycles. The van der Waals surface area contributed by atoms with Crippen molar-refractivity contribution in [1.82, 2.24) is 15.1 Å². The molecule has 4 rings (SSSR count). The van der Waals surface area contributed by atoms with Gasteiger partial charge in [0.05, 0.1) is 5.92 Å². The number of likely N-dealkylation sites (tertiary alicyclic amines) is 2. The molecule has 2 aromatic rings. The fourth-order valence-electron chi connectivity index (χ4n) is 4.83. The lowest BCUT2D eigenvalue weighted by Crippen LogP contribution is -2.42. The van der Waals surface area contributed by atoms with Crippen molar-refractivity contribution in [2.24, 2.45) is 5.92 Å². The van der Waals surface area contributed by atoms with Crippen molar-refractivity contribution >= 4 is 5.91 Å². The van der Waals surface area contributed by atoms with Crippen LogP contribution >= 0.6 is 0 Å². The highest BCUT2D eigenvalue weighted by atomic mass is 19.1. The zero-order chi connectivity index (χ0) is 21.5. The van der Waals surface area contributed by atoms with Gasteiger partial charge in [0.2, 0.25) is 5.91 Å². The fraction of sp³-hybridized carbons (Fsp3) is 0.500. The smallest absolute Gasteiger partial charge is 0.224 e. The summed E-state index contributed by atoms with van der Waals surface area (Å²) < 4.78 is 14.0. The summed E-state index contributed by atoms with van der Waals surface area (Å²) in [5.41, 5.74) is 3.18. The van der Waals surface area contributed by atoms with E-state index in [-0.39, 0.29) is 17.6 Å². The summed E-state index contributed by atoms with van der Waals surface area (Å²) in [5, 5.41) is 3.14. The van der Waals surface area contributed by atoms with E-state index in [0.717, 1.165) is 31.5 Å². The molecular weight excluding hydrogens is 389 g/mol. The number of rotatable bonds is 7. The van der Waals surface area contributed by atoms with E-state index < -0.39 is 0 Å². The van der Waals surface area contributed by atoms with Gasteiger partial charge in [-0.05, 0) is 62.5 Å². The summed E-state index contributed by atoms with van der Waals surface area (Å²) in [5.74, 6) is -0.0877. The molecule has 1 unspecified atom stereocenters. The van der Waals surface area contributed by atoms with E-state index in [1.165, 1.54) is 44.0 Å². The highest BCUT2D eigenvalue weighted by Crippen LogP contribution is 2.20. The third kappa shape index (κ3) is 6.37. The van der Waals surface area contributed by atoms with E-state index >= 15 is 0 Å². The van der Waals surface area contributed by atoms with Crippen LogP contribution < -0.4 is 5.32 Å². The normalized spacial score (nSPS) is 20.5. The first-order valence-corrected chi connectivity index (χ1v) is 11.7. The lowest BCUT2D eigenvalue weighted by atomic mass is 9.96. The van der Waals surface area contributed by atoms with Crippen LogP contribution in [0.1, 0.15) is 48.8 Å². The molecule has 0 saturated carbocycles. The third-order valence-electron chi connectivity index (χ3n) is 6.54. The van der Waals surface area contributed by atoms with E-state index in [1.807, 2.05) is 12.1 Å². The molecule has 1 atom stereocenters. The summed E-state index contributed by atoms with van der Waals surface area (Å²) in [7, 11) is 0. The Morgan fingerprint density at radius 2 is 1.68 bits per heavy atom. The van der Waals surface area contributed by atoms with Crippen molar-refractivity contribution in [2.45, 2.75) is 51.7 Å². The number of piperidine rings is 2. The van der Waals surface area contributed by atoms with Gasteiger partial charge in [-0.3, -0.25) is 14.6 Å². The summed E-state index contributed by atoms with van der Waals surface area (Å²) in [6, 6.07) is 15.5. The second-order valence-corrected chi connectivity index (χ2v) is 9.04. The molecule has 2 aliphatic heterocycles. The van der Waals surface area contributed by atoms with Crippen molar-refractivity contribution in [2.75, 3.05) is 26.2 Å². The van der Waals surface area contributed by atoms with Crippen LogP contribution in [0.5, 0.6) is 0 Å². The summed E-state index contributed by atoms with van der Waals surface area (Å²) >= 11 is 0. The van der Waals surface area contributed by atoms with Crippen molar-refractivity contribution in [3.8, 4) is 0 Å². The molecule has 1 amide bonds. The number of carbonyl (C=O) groups is 1. The maximum Gasteiger partial charge on any atom is 0.224 e. The second kappa shape index (κ2) is 10.9. The van der Waals surface area contributed by atoms with Gasteiger partial charge >= 0.3 is 0 Å². The van der Waals surface area contributed by atoms with Gasteiger partial charge in [-0.15, -0.1) is 0 Å². The van der Waals surface area contributed by atoms with Crippen LogP contribution in [0.4, 0.5) is 4.39 Å². The Kier molecular flexibility index (Phi) is 7.71. The van der Waals surface area contributed by atoms with Crippen molar-refractivity contribution in [3.63, 3.8) is 0 Å². The SMILES string of the molecule is O=C(NCc1cccc(CN2CCCCC2)c1)C1CCCN(Cc2ccccc2F)C1. The van der Waals surface area contributed by atoms with Gasteiger partial charge < -0.3 is 5.32 Å². The van der Waals surface area contributed by atoms with Crippen LogP contribution in [0.15, 0.2) is 48.5 Å². The summed E-state index contributed by atoms with van der Waals surface area (Å²) in [4.78, 5) is 17.5. The van der Waals surface area contributed by atoms with E-state index in [9.17, 15) is 9.18 Å². The maximum absolute atomic E-state index is 14.0. The molecule has 2 fully saturated rings. The highest BCUT2D eigenvalue weighted by molar-refractivity contribution is 5.79. The Labute approximate surface area is 185 Å². The predicted molar refractivity (Wildman–Crippen MR) is 122 cm³/mol. The molecule has 1 N–H and O–H groups in total. The maximum atomic E-state index is 14.0. The lowest BCUT2D eigenvalue weighted by molar-refractivity contribution is -0.126. The molecule has 0 bridgehead atoms. The third-order valence-corrected chi connectivity index (χ3v) is 6.54. The standard InChI is InChI=1S/C26H34FN3O/c27-25-12-3-2-10-23(25)19-30-15-7-11-24(20-30)26(31)28-17-21-8-6-9-22(16-21)18-29-13-4-1-5-14-29/h2-3,6,8-10,12,16,24H,1,4-5,7,11,13-15,17-20H2,(H,28,31). The van der Waals surface area contributed by atoms with Gasteiger partial charge in [-0.1, -0.05) is 48.9 Å². The predicted octanol–water partition coefficient (Wildman–Crippen LogP) is 4.34. The summed E-state index contributed by atoms with van der Waals surface area (Å²) in [6.07, 6.45) is 5.81. The van der Waals surface area contributed by atoms with Gasteiger partial charge in [0, 0.05) is 31.7 Å². The molecule has 0 aliphatic carbocycles. The van der Waals surface area contributed by atoms with Crippen LogP contribution in [0.3, 0.4) is 0 Å². The number of nitrogens with zero attached hydrogens (tertiary/aromatic N) is 2. The minimum absolute atomic E-state index is 0.0305. The molecular formula is C26H34FN3O. The van der Waals surface area contributed by atoms with Crippen LogP contribution in [0.25, 0.3) is 0 Å². The first kappa shape index (κ1) is 22.0. The number of hydrogen-bond donors (Lipinski definition) is 1. The molecule has 0 spiro atoms. The summed E-state index contributed by atoms with van der Waals surface area (Å²) in [6.45, 7) is 6.10. The minimum Gasteiger partial charge on any atom is -0.352 e. The van der Waals surface area contributed by atoms with Gasteiger partial charge in [0.25, 0.3) is 0 Å². The van der Waals surface area contributed by atoms with Crippen LogP contribution in [-0.4, -0.2) is 41.9 Å². The number of nitrogens with one attached hydrogen (secondary N) is 1. The van der Waals surface area contributed by atoms with E-state index in [4.69, 9.17) is 0 Å².